The van der Waals surface area contributed by atoms with E-state index in [1.165, 1.54) is 12.1 Å². The van der Waals surface area contributed by atoms with Crippen LogP contribution in [0.1, 0.15) is 61.0 Å². The fraction of sp³-hybridized carbons (Fsp3) is 0.345. The van der Waals surface area contributed by atoms with Crippen LogP contribution in [0, 0.1) is 5.82 Å². The standard InChI is InChI=1S/C29H31FN6O2/c1-28(2,3)22-15-23(19-8-10-21(30)11-9-19)33-36-17-24(32-25(22)36)27(38)35-14-13-34(18-29(35,4)5)26(37)20-7-6-12-31-16-20/h6-12,15-17H,13-14,18H2,1-5H3. The van der Waals surface area contributed by atoms with Gasteiger partial charge in [-0.05, 0) is 61.7 Å². The van der Waals surface area contributed by atoms with Crippen molar-refractivity contribution in [3.05, 3.63) is 83.7 Å². The molecule has 0 saturated carbocycles. The molecule has 9 heteroatoms. The summed E-state index contributed by atoms with van der Waals surface area (Å²) in [6, 6.07) is 11.6. The zero-order valence-electron chi connectivity index (χ0n) is 22.3. The Balaban J connectivity index is 1.46. The number of piperazine rings is 1. The van der Waals surface area contributed by atoms with Gasteiger partial charge in [0.1, 0.15) is 11.5 Å². The molecule has 1 aromatic carbocycles. The number of rotatable bonds is 3. The number of aromatic nitrogens is 4. The van der Waals surface area contributed by atoms with Crippen molar-refractivity contribution in [3.63, 3.8) is 0 Å². The van der Waals surface area contributed by atoms with Crippen LogP contribution in [0.2, 0.25) is 0 Å². The molecule has 0 aliphatic carbocycles. The van der Waals surface area contributed by atoms with E-state index in [1.54, 1.807) is 57.2 Å². The predicted octanol–water partition coefficient (Wildman–Crippen LogP) is 4.60. The quantitative estimate of drug-likeness (QED) is 0.399. The summed E-state index contributed by atoms with van der Waals surface area (Å²) in [5.41, 5.74) is 2.91. The lowest BCUT2D eigenvalue weighted by Crippen LogP contribution is -2.62. The Bertz CT molecular complexity index is 1510. The summed E-state index contributed by atoms with van der Waals surface area (Å²) in [6.07, 6.45) is 4.85. The van der Waals surface area contributed by atoms with Crippen molar-refractivity contribution in [3.8, 4) is 11.3 Å². The zero-order valence-corrected chi connectivity index (χ0v) is 22.3. The summed E-state index contributed by atoms with van der Waals surface area (Å²) in [5.74, 6) is -0.623. The molecule has 1 saturated heterocycles. The second kappa shape index (κ2) is 9.31. The smallest absolute Gasteiger partial charge is 0.274 e. The first-order valence-corrected chi connectivity index (χ1v) is 12.6. The average Bonchev–Trinajstić information content (AvgIpc) is 3.31. The summed E-state index contributed by atoms with van der Waals surface area (Å²) >= 11 is 0. The van der Waals surface area contributed by atoms with Crippen LogP contribution in [0.25, 0.3) is 16.9 Å². The van der Waals surface area contributed by atoms with Crippen molar-refractivity contribution < 1.29 is 14.0 Å². The first-order chi connectivity index (χ1) is 17.9. The highest BCUT2D eigenvalue weighted by Gasteiger charge is 2.40. The molecule has 4 aromatic rings. The van der Waals surface area contributed by atoms with E-state index in [1.807, 2.05) is 19.9 Å². The summed E-state index contributed by atoms with van der Waals surface area (Å²) in [5, 5.41) is 4.70. The van der Waals surface area contributed by atoms with E-state index >= 15 is 0 Å². The third kappa shape index (κ3) is 4.76. The first kappa shape index (κ1) is 25.5. The number of benzene rings is 1. The maximum Gasteiger partial charge on any atom is 0.274 e. The molecule has 4 heterocycles. The topological polar surface area (TPSA) is 83.7 Å². The van der Waals surface area contributed by atoms with E-state index in [-0.39, 0.29) is 23.0 Å². The van der Waals surface area contributed by atoms with E-state index < -0.39 is 5.54 Å². The molecular formula is C29H31FN6O2. The molecule has 1 aliphatic rings. The van der Waals surface area contributed by atoms with Gasteiger partial charge in [-0.2, -0.15) is 5.10 Å². The Hall–Kier alpha value is -4.14. The summed E-state index contributed by atoms with van der Waals surface area (Å²) in [7, 11) is 0. The van der Waals surface area contributed by atoms with Crippen LogP contribution in [0.4, 0.5) is 4.39 Å². The van der Waals surface area contributed by atoms with Gasteiger partial charge < -0.3 is 9.80 Å². The Morgan fingerprint density at radius 1 is 1.03 bits per heavy atom. The predicted molar refractivity (Wildman–Crippen MR) is 142 cm³/mol. The second-order valence-electron chi connectivity index (χ2n) is 11.3. The molecule has 0 unspecified atom stereocenters. The normalized spacial score (nSPS) is 15.6. The number of carbonyl (C=O) groups excluding carboxylic acids is 2. The largest absolute Gasteiger partial charge is 0.334 e. The third-order valence-electron chi connectivity index (χ3n) is 6.94. The Kier molecular flexibility index (Phi) is 6.25. The zero-order chi connectivity index (χ0) is 27.2. The van der Waals surface area contributed by atoms with E-state index in [0.717, 1.165) is 11.1 Å². The molecule has 196 valence electrons. The van der Waals surface area contributed by atoms with E-state index in [0.29, 0.717) is 42.2 Å². The molecule has 38 heavy (non-hydrogen) atoms. The molecule has 0 spiro atoms. The van der Waals surface area contributed by atoms with Gasteiger partial charge in [-0.15, -0.1) is 0 Å². The fourth-order valence-corrected chi connectivity index (χ4v) is 4.91. The van der Waals surface area contributed by atoms with Gasteiger partial charge >= 0.3 is 0 Å². The van der Waals surface area contributed by atoms with Crippen LogP contribution in [0.5, 0.6) is 0 Å². The molecule has 5 rings (SSSR count). The summed E-state index contributed by atoms with van der Waals surface area (Å²) < 4.78 is 15.1. The molecule has 1 fully saturated rings. The molecule has 0 bridgehead atoms. The van der Waals surface area contributed by atoms with Crippen LogP contribution in [0.15, 0.2) is 61.1 Å². The lowest BCUT2D eigenvalue weighted by atomic mass is 9.87. The summed E-state index contributed by atoms with van der Waals surface area (Å²) in [6.45, 7) is 11.3. The number of amides is 2. The minimum atomic E-state index is -0.609. The molecular weight excluding hydrogens is 483 g/mol. The van der Waals surface area contributed by atoms with E-state index in [9.17, 15) is 14.0 Å². The molecule has 1 aliphatic heterocycles. The van der Waals surface area contributed by atoms with Gasteiger partial charge in [0.2, 0.25) is 0 Å². The lowest BCUT2D eigenvalue weighted by Gasteiger charge is -2.46. The Morgan fingerprint density at radius 2 is 1.76 bits per heavy atom. The van der Waals surface area contributed by atoms with Crippen LogP contribution in [-0.4, -0.2) is 66.4 Å². The van der Waals surface area contributed by atoms with Gasteiger partial charge in [-0.3, -0.25) is 14.6 Å². The molecule has 0 N–H and O–H groups in total. The van der Waals surface area contributed by atoms with Crippen LogP contribution in [0.3, 0.4) is 0 Å². The number of halogens is 1. The number of hydrogen-bond donors (Lipinski definition) is 0. The average molecular weight is 515 g/mol. The van der Waals surface area contributed by atoms with E-state index in [2.05, 4.69) is 25.8 Å². The lowest BCUT2D eigenvalue weighted by molar-refractivity contribution is 0.0165. The van der Waals surface area contributed by atoms with Crippen molar-refractivity contribution in [2.24, 2.45) is 0 Å². The second-order valence-corrected chi connectivity index (χ2v) is 11.3. The summed E-state index contributed by atoms with van der Waals surface area (Å²) in [4.78, 5) is 39.1. The molecule has 2 amide bonds. The SMILES string of the molecule is CC(C)(C)c1cc(-c2ccc(F)cc2)nn2cc(C(=O)N3CCN(C(=O)c4cccnc4)CC3(C)C)nc12. The van der Waals surface area contributed by atoms with Gasteiger partial charge in [-0.1, -0.05) is 20.8 Å². The highest BCUT2D eigenvalue weighted by molar-refractivity contribution is 5.95. The first-order valence-electron chi connectivity index (χ1n) is 12.6. The maximum atomic E-state index is 13.8. The van der Waals surface area contributed by atoms with Crippen molar-refractivity contribution in [2.75, 3.05) is 19.6 Å². The van der Waals surface area contributed by atoms with Gasteiger partial charge in [0, 0.05) is 43.2 Å². The number of pyridine rings is 1. The third-order valence-corrected chi connectivity index (χ3v) is 6.94. The molecule has 0 atom stereocenters. The number of carbonyl (C=O) groups is 2. The van der Waals surface area contributed by atoms with Crippen LogP contribution >= 0.6 is 0 Å². The maximum absolute atomic E-state index is 13.8. The van der Waals surface area contributed by atoms with Crippen LogP contribution in [-0.2, 0) is 5.41 Å². The van der Waals surface area contributed by atoms with Crippen molar-refractivity contribution in [1.82, 2.24) is 29.4 Å². The molecule has 8 nitrogen and oxygen atoms in total. The van der Waals surface area contributed by atoms with Crippen molar-refractivity contribution in [2.45, 2.75) is 45.6 Å². The van der Waals surface area contributed by atoms with E-state index in [4.69, 9.17) is 10.1 Å². The van der Waals surface area contributed by atoms with Crippen molar-refractivity contribution >= 4 is 17.5 Å². The highest BCUT2D eigenvalue weighted by Crippen LogP contribution is 2.31. The van der Waals surface area contributed by atoms with Gasteiger partial charge in [0.25, 0.3) is 11.8 Å². The Morgan fingerprint density at radius 3 is 2.39 bits per heavy atom. The molecule has 3 aromatic heterocycles. The van der Waals surface area contributed by atoms with Gasteiger partial charge in [0.05, 0.1) is 23.0 Å². The monoisotopic (exact) mass is 514 g/mol. The fourth-order valence-electron chi connectivity index (χ4n) is 4.91. The number of nitrogens with zero attached hydrogens (tertiary/aromatic N) is 6. The van der Waals surface area contributed by atoms with Crippen molar-refractivity contribution in [1.29, 1.82) is 0 Å². The Labute approximate surface area is 221 Å². The van der Waals surface area contributed by atoms with Gasteiger partial charge in [-0.25, -0.2) is 13.9 Å². The number of fused-ring (bicyclic) bond motifs is 1. The van der Waals surface area contributed by atoms with Gasteiger partial charge in [0.15, 0.2) is 5.65 Å². The minimum Gasteiger partial charge on any atom is -0.334 e. The highest BCUT2D eigenvalue weighted by atomic mass is 19.1. The number of hydrogen-bond acceptors (Lipinski definition) is 5. The number of imidazole rings is 1. The van der Waals surface area contributed by atoms with Crippen LogP contribution < -0.4 is 0 Å². The molecule has 0 radical (unpaired) electrons. The minimum absolute atomic E-state index is 0.0988.